The molecule has 0 heterocycles. The zero-order valence-electron chi connectivity index (χ0n) is 9.12. The fraction of sp³-hybridized carbons (Fsp3) is 0.889. The van der Waals surface area contributed by atoms with Crippen LogP contribution < -0.4 is 11.5 Å². The first-order valence-corrected chi connectivity index (χ1v) is 4.65. The second kappa shape index (κ2) is 5.80. The molecule has 0 saturated heterocycles. The summed E-state index contributed by atoms with van der Waals surface area (Å²) >= 11 is 0. The summed E-state index contributed by atoms with van der Waals surface area (Å²) in [6.45, 7) is 5.24. The van der Waals surface area contributed by atoms with E-state index >= 15 is 0 Å². The molecule has 0 fully saturated rings. The first-order valence-electron chi connectivity index (χ1n) is 4.65. The molecule has 78 valence electrons. The molecule has 0 rings (SSSR count). The van der Waals surface area contributed by atoms with Crippen LogP contribution >= 0.6 is 0 Å². The topological polar surface area (TPSA) is 67.6 Å². The largest absolute Gasteiger partial charge is 0.370 e. The van der Waals surface area contributed by atoms with Gasteiger partial charge in [-0.3, -0.25) is 0 Å². The lowest BCUT2D eigenvalue weighted by Gasteiger charge is -2.19. The SMILES string of the molecule is CC(C)CC(CN(C)C)N=C(N)N. The minimum Gasteiger partial charge on any atom is -0.370 e. The van der Waals surface area contributed by atoms with Crippen LogP contribution in [0.5, 0.6) is 0 Å². The average Bonchev–Trinajstić information content (AvgIpc) is 1.80. The van der Waals surface area contributed by atoms with Crippen molar-refractivity contribution in [1.82, 2.24) is 4.90 Å². The maximum atomic E-state index is 5.35. The average molecular weight is 186 g/mol. The van der Waals surface area contributed by atoms with Crippen LogP contribution in [0.1, 0.15) is 20.3 Å². The maximum absolute atomic E-state index is 5.35. The van der Waals surface area contributed by atoms with Crippen LogP contribution in [0.15, 0.2) is 4.99 Å². The lowest BCUT2D eigenvalue weighted by molar-refractivity contribution is 0.345. The van der Waals surface area contributed by atoms with Crippen LogP contribution in [-0.2, 0) is 0 Å². The van der Waals surface area contributed by atoms with Crippen LogP contribution in [0.3, 0.4) is 0 Å². The van der Waals surface area contributed by atoms with E-state index in [0.717, 1.165) is 13.0 Å². The van der Waals surface area contributed by atoms with Crippen LogP contribution in [0.25, 0.3) is 0 Å². The molecule has 0 aliphatic rings. The van der Waals surface area contributed by atoms with Gasteiger partial charge < -0.3 is 16.4 Å². The molecule has 0 aliphatic heterocycles. The number of nitrogens with two attached hydrogens (primary N) is 2. The third-order valence-electron chi connectivity index (χ3n) is 1.65. The summed E-state index contributed by atoms with van der Waals surface area (Å²) in [6.07, 6.45) is 1.02. The number of nitrogens with zero attached hydrogens (tertiary/aromatic N) is 2. The fourth-order valence-electron chi connectivity index (χ4n) is 1.34. The highest BCUT2D eigenvalue weighted by atomic mass is 15.1. The molecule has 0 aliphatic carbocycles. The number of hydrogen-bond donors (Lipinski definition) is 2. The summed E-state index contributed by atoms with van der Waals surface area (Å²) in [6, 6.07) is 0.222. The first kappa shape index (κ1) is 12.2. The minimum absolute atomic E-state index is 0.188. The summed E-state index contributed by atoms with van der Waals surface area (Å²) in [5.74, 6) is 0.806. The Bertz CT molecular complexity index is 149. The van der Waals surface area contributed by atoms with Gasteiger partial charge in [-0.1, -0.05) is 13.8 Å². The van der Waals surface area contributed by atoms with E-state index in [9.17, 15) is 0 Å². The van der Waals surface area contributed by atoms with Crippen molar-refractivity contribution in [2.45, 2.75) is 26.3 Å². The Balaban J connectivity index is 4.11. The van der Waals surface area contributed by atoms with Gasteiger partial charge in [0.1, 0.15) is 0 Å². The first-order chi connectivity index (χ1) is 5.91. The zero-order valence-corrected chi connectivity index (χ0v) is 9.12. The Morgan fingerprint density at radius 3 is 2.15 bits per heavy atom. The molecule has 0 saturated carbocycles. The van der Waals surface area contributed by atoms with Crippen LogP contribution in [0, 0.1) is 5.92 Å². The highest BCUT2D eigenvalue weighted by Gasteiger charge is 2.10. The third kappa shape index (κ3) is 7.59. The Morgan fingerprint density at radius 2 is 1.85 bits per heavy atom. The van der Waals surface area contributed by atoms with Crippen molar-refractivity contribution < 1.29 is 0 Å². The van der Waals surface area contributed by atoms with Gasteiger partial charge in [0.25, 0.3) is 0 Å². The van der Waals surface area contributed by atoms with Crippen LogP contribution in [-0.4, -0.2) is 37.5 Å². The van der Waals surface area contributed by atoms with Crippen molar-refractivity contribution in [2.75, 3.05) is 20.6 Å². The highest BCUT2D eigenvalue weighted by molar-refractivity contribution is 5.75. The third-order valence-corrected chi connectivity index (χ3v) is 1.65. The molecule has 0 spiro atoms. The predicted molar refractivity (Wildman–Crippen MR) is 57.6 cm³/mol. The van der Waals surface area contributed by atoms with Gasteiger partial charge in [-0.2, -0.15) is 0 Å². The van der Waals surface area contributed by atoms with Crippen molar-refractivity contribution in [1.29, 1.82) is 0 Å². The Labute approximate surface area is 81.0 Å². The van der Waals surface area contributed by atoms with E-state index in [0.29, 0.717) is 5.92 Å². The van der Waals surface area contributed by atoms with Crippen molar-refractivity contribution in [2.24, 2.45) is 22.4 Å². The second-order valence-corrected chi connectivity index (χ2v) is 4.10. The molecule has 0 aromatic carbocycles. The van der Waals surface area contributed by atoms with Gasteiger partial charge in [-0.05, 0) is 26.4 Å². The molecule has 13 heavy (non-hydrogen) atoms. The molecule has 4 nitrogen and oxygen atoms in total. The lowest BCUT2D eigenvalue weighted by Crippen LogP contribution is -2.31. The standard InChI is InChI=1S/C9H22N4/c1-7(2)5-8(6-13(3)4)12-9(10)11/h7-8H,5-6H2,1-4H3,(H4,10,11,12). The van der Waals surface area contributed by atoms with Crippen LogP contribution in [0.4, 0.5) is 0 Å². The minimum atomic E-state index is 0.188. The van der Waals surface area contributed by atoms with E-state index in [1.165, 1.54) is 0 Å². The van der Waals surface area contributed by atoms with Crippen molar-refractivity contribution in [3.63, 3.8) is 0 Å². The predicted octanol–water partition coefficient (Wildman–Crippen LogP) is 0.236. The van der Waals surface area contributed by atoms with Gasteiger partial charge in [0.05, 0.1) is 6.04 Å². The van der Waals surface area contributed by atoms with Gasteiger partial charge in [0.15, 0.2) is 5.96 Å². The van der Waals surface area contributed by atoms with Gasteiger partial charge in [0.2, 0.25) is 0 Å². The maximum Gasteiger partial charge on any atom is 0.186 e. The summed E-state index contributed by atoms with van der Waals surface area (Å²) < 4.78 is 0. The molecule has 0 amide bonds. The summed E-state index contributed by atoms with van der Waals surface area (Å²) in [4.78, 5) is 6.28. The molecule has 0 radical (unpaired) electrons. The normalized spacial score (nSPS) is 13.4. The van der Waals surface area contributed by atoms with Crippen LogP contribution in [0.2, 0.25) is 0 Å². The second-order valence-electron chi connectivity index (χ2n) is 4.10. The number of rotatable bonds is 5. The molecule has 0 aromatic heterocycles. The fourth-order valence-corrected chi connectivity index (χ4v) is 1.34. The van der Waals surface area contributed by atoms with Crippen molar-refractivity contribution >= 4 is 5.96 Å². The quantitative estimate of drug-likeness (QED) is 0.477. The Hall–Kier alpha value is -0.770. The monoisotopic (exact) mass is 186 g/mol. The van der Waals surface area contributed by atoms with Crippen molar-refractivity contribution in [3.8, 4) is 0 Å². The van der Waals surface area contributed by atoms with Gasteiger partial charge in [-0.25, -0.2) is 4.99 Å². The van der Waals surface area contributed by atoms with Crippen molar-refractivity contribution in [3.05, 3.63) is 0 Å². The molecule has 0 aromatic rings. The molecule has 1 unspecified atom stereocenters. The van der Waals surface area contributed by atoms with E-state index < -0.39 is 0 Å². The summed E-state index contributed by atoms with van der Waals surface area (Å²) in [7, 11) is 4.05. The Kier molecular flexibility index (Phi) is 5.46. The molecule has 4 heteroatoms. The number of aliphatic imine (C=N–C) groups is 1. The smallest absolute Gasteiger partial charge is 0.186 e. The lowest BCUT2D eigenvalue weighted by atomic mass is 10.0. The molecule has 0 bridgehead atoms. The van der Waals surface area contributed by atoms with E-state index in [4.69, 9.17) is 11.5 Å². The molecular formula is C9H22N4. The molecule has 1 atom stereocenters. The Morgan fingerprint density at radius 1 is 1.31 bits per heavy atom. The zero-order chi connectivity index (χ0) is 10.4. The van der Waals surface area contributed by atoms with E-state index in [2.05, 4.69) is 23.7 Å². The number of likely N-dealkylation sites (N-methyl/N-ethyl adjacent to an activating group) is 1. The van der Waals surface area contributed by atoms with Gasteiger partial charge in [-0.15, -0.1) is 0 Å². The van der Waals surface area contributed by atoms with E-state index in [-0.39, 0.29) is 12.0 Å². The van der Waals surface area contributed by atoms with E-state index in [1.54, 1.807) is 0 Å². The van der Waals surface area contributed by atoms with Gasteiger partial charge >= 0.3 is 0 Å². The summed E-state index contributed by atoms with van der Waals surface area (Å²) in [5.41, 5.74) is 10.7. The molecule has 4 N–H and O–H groups in total. The number of guanidine groups is 1. The number of hydrogen-bond acceptors (Lipinski definition) is 2. The van der Waals surface area contributed by atoms with E-state index in [1.807, 2.05) is 14.1 Å². The molecular weight excluding hydrogens is 164 g/mol. The summed E-state index contributed by atoms with van der Waals surface area (Å²) in [5, 5.41) is 0. The van der Waals surface area contributed by atoms with Gasteiger partial charge in [0, 0.05) is 6.54 Å². The highest BCUT2D eigenvalue weighted by Crippen LogP contribution is 2.08.